The Balaban J connectivity index is 1.74. The van der Waals surface area contributed by atoms with Crippen LogP contribution >= 0.6 is 0 Å². The number of esters is 1. The van der Waals surface area contributed by atoms with Gasteiger partial charge >= 0.3 is 12.0 Å². The van der Waals surface area contributed by atoms with Crippen LogP contribution in [0.2, 0.25) is 0 Å². The van der Waals surface area contributed by atoms with Gasteiger partial charge in [-0.25, -0.2) is 9.59 Å². The number of amides is 3. The zero-order chi connectivity index (χ0) is 17.5. The third-order valence-corrected chi connectivity index (χ3v) is 4.10. The van der Waals surface area contributed by atoms with Gasteiger partial charge in [0.15, 0.2) is 6.61 Å². The molecule has 7 nitrogen and oxygen atoms in total. The number of rotatable bonds is 4. The standard InChI is InChI=1S/C17H22N2O5/c1-11-5-2-3-8-14(11)18-17(23)19-15(21)10-24-16(22)12-6-4-7-13(20)9-12/h4,6-7,9,11,14,20H,2-3,5,8,10H2,1H3,(H2,18,19,21,23)/t11-,14-/m1/s1. The van der Waals surface area contributed by atoms with Crippen LogP contribution in [-0.4, -0.2) is 35.7 Å². The molecule has 3 N–H and O–H groups in total. The van der Waals surface area contributed by atoms with Gasteiger partial charge in [-0.15, -0.1) is 0 Å². The number of imide groups is 1. The van der Waals surface area contributed by atoms with Crippen LogP contribution in [0.15, 0.2) is 24.3 Å². The van der Waals surface area contributed by atoms with E-state index in [1.54, 1.807) is 0 Å². The summed E-state index contributed by atoms with van der Waals surface area (Å²) < 4.78 is 4.81. The number of benzene rings is 1. The normalized spacial score (nSPS) is 20.0. The summed E-state index contributed by atoms with van der Waals surface area (Å²) in [6.07, 6.45) is 4.17. The van der Waals surface area contributed by atoms with Crippen LogP contribution in [0.5, 0.6) is 5.75 Å². The second-order valence-corrected chi connectivity index (χ2v) is 6.02. The third-order valence-electron chi connectivity index (χ3n) is 4.10. The predicted molar refractivity (Wildman–Crippen MR) is 86.5 cm³/mol. The maximum Gasteiger partial charge on any atom is 0.338 e. The van der Waals surface area contributed by atoms with Gasteiger partial charge in [-0.1, -0.05) is 25.8 Å². The highest BCUT2D eigenvalue weighted by Crippen LogP contribution is 2.23. The minimum Gasteiger partial charge on any atom is -0.508 e. The molecular formula is C17H22N2O5. The van der Waals surface area contributed by atoms with E-state index in [2.05, 4.69) is 17.6 Å². The zero-order valence-electron chi connectivity index (χ0n) is 13.6. The molecule has 1 aromatic carbocycles. The molecule has 2 rings (SSSR count). The molecule has 0 heterocycles. The van der Waals surface area contributed by atoms with E-state index in [0.29, 0.717) is 5.92 Å². The van der Waals surface area contributed by atoms with Gasteiger partial charge in [-0.2, -0.15) is 0 Å². The average molecular weight is 334 g/mol. The van der Waals surface area contributed by atoms with Crippen molar-refractivity contribution in [3.8, 4) is 5.75 Å². The lowest BCUT2D eigenvalue weighted by atomic mass is 9.86. The first-order valence-corrected chi connectivity index (χ1v) is 8.02. The van der Waals surface area contributed by atoms with E-state index >= 15 is 0 Å². The Bertz CT molecular complexity index is 617. The summed E-state index contributed by atoms with van der Waals surface area (Å²) in [5.74, 6) is -1.15. The van der Waals surface area contributed by atoms with Crippen LogP contribution in [0.3, 0.4) is 0 Å². The first-order chi connectivity index (χ1) is 11.5. The third kappa shape index (κ3) is 5.26. The maximum absolute atomic E-state index is 11.8. The fourth-order valence-electron chi connectivity index (χ4n) is 2.75. The molecule has 0 saturated heterocycles. The van der Waals surface area contributed by atoms with E-state index in [0.717, 1.165) is 25.7 Å². The topological polar surface area (TPSA) is 105 Å². The fourth-order valence-corrected chi connectivity index (χ4v) is 2.75. The Hall–Kier alpha value is -2.57. The summed E-state index contributed by atoms with van der Waals surface area (Å²) in [6.45, 7) is 1.51. The van der Waals surface area contributed by atoms with Crippen molar-refractivity contribution in [3.63, 3.8) is 0 Å². The molecule has 3 amide bonds. The summed E-state index contributed by atoms with van der Waals surface area (Å²) in [5, 5.41) is 14.2. The van der Waals surface area contributed by atoms with Crippen molar-refractivity contribution >= 4 is 17.9 Å². The summed E-state index contributed by atoms with van der Waals surface area (Å²) in [7, 11) is 0. The van der Waals surface area contributed by atoms with Crippen LogP contribution < -0.4 is 10.6 Å². The van der Waals surface area contributed by atoms with Crippen molar-refractivity contribution in [2.45, 2.75) is 38.6 Å². The monoisotopic (exact) mass is 334 g/mol. The minimum atomic E-state index is -0.748. The van der Waals surface area contributed by atoms with E-state index in [-0.39, 0.29) is 17.4 Å². The molecule has 0 aromatic heterocycles. The molecule has 0 aliphatic heterocycles. The number of hydrogen-bond acceptors (Lipinski definition) is 5. The van der Waals surface area contributed by atoms with Crippen LogP contribution in [0.25, 0.3) is 0 Å². The zero-order valence-corrected chi connectivity index (χ0v) is 13.6. The van der Waals surface area contributed by atoms with Crippen LogP contribution in [0, 0.1) is 5.92 Å². The molecule has 1 aromatic rings. The van der Waals surface area contributed by atoms with E-state index < -0.39 is 24.5 Å². The largest absolute Gasteiger partial charge is 0.508 e. The molecule has 1 fully saturated rings. The lowest BCUT2D eigenvalue weighted by Crippen LogP contribution is -2.48. The maximum atomic E-state index is 11.8. The highest BCUT2D eigenvalue weighted by Gasteiger charge is 2.23. The Morgan fingerprint density at radius 3 is 2.71 bits per heavy atom. The Labute approximate surface area is 140 Å². The number of urea groups is 1. The van der Waals surface area contributed by atoms with Crippen molar-refractivity contribution in [2.75, 3.05) is 6.61 Å². The quantitative estimate of drug-likeness (QED) is 0.730. The van der Waals surface area contributed by atoms with Gasteiger partial charge in [0.1, 0.15) is 5.75 Å². The van der Waals surface area contributed by atoms with Gasteiger partial charge < -0.3 is 15.2 Å². The molecule has 130 valence electrons. The van der Waals surface area contributed by atoms with Gasteiger partial charge in [0.05, 0.1) is 5.56 Å². The smallest absolute Gasteiger partial charge is 0.338 e. The van der Waals surface area contributed by atoms with E-state index in [9.17, 15) is 19.5 Å². The molecule has 24 heavy (non-hydrogen) atoms. The fraction of sp³-hybridized carbons (Fsp3) is 0.471. The van der Waals surface area contributed by atoms with E-state index in [1.165, 1.54) is 24.3 Å². The second-order valence-electron chi connectivity index (χ2n) is 6.02. The van der Waals surface area contributed by atoms with Crippen molar-refractivity contribution in [3.05, 3.63) is 29.8 Å². The lowest BCUT2D eigenvalue weighted by molar-refractivity contribution is -0.123. The molecule has 0 spiro atoms. The minimum absolute atomic E-state index is 0.0568. The predicted octanol–water partition coefficient (Wildman–Crippen LogP) is 1.95. The molecule has 7 heteroatoms. The summed E-state index contributed by atoms with van der Waals surface area (Å²) in [4.78, 5) is 35.2. The first-order valence-electron chi connectivity index (χ1n) is 8.02. The molecule has 2 atom stereocenters. The number of aromatic hydroxyl groups is 1. The number of carbonyl (C=O) groups excluding carboxylic acids is 3. The molecular weight excluding hydrogens is 312 g/mol. The van der Waals surface area contributed by atoms with Gasteiger partial charge in [-0.05, 0) is 37.0 Å². The van der Waals surface area contributed by atoms with Crippen molar-refractivity contribution in [1.29, 1.82) is 0 Å². The first kappa shape index (κ1) is 17.8. The Morgan fingerprint density at radius 2 is 2.00 bits per heavy atom. The van der Waals surface area contributed by atoms with Crippen LogP contribution in [0.4, 0.5) is 4.79 Å². The van der Waals surface area contributed by atoms with Crippen LogP contribution in [0.1, 0.15) is 43.0 Å². The summed E-state index contributed by atoms with van der Waals surface area (Å²) >= 11 is 0. The number of ether oxygens (including phenoxy) is 1. The van der Waals surface area contributed by atoms with Gasteiger partial charge in [0.2, 0.25) is 0 Å². The SMILES string of the molecule is C[C@@H]1CCCC[C@H]1NC(=O)NC(=O)COC(=O)c1cccc(O)c1. The number of phenols is 1. The average Bonchev–Trinajstić information content (AvgIpc) is 2.54. The highest BCUT2D eigenvalue weighted by atomic mass is 16.5. The number of nitrogens with one attached hydrogen (secondary N) is 2. The molecule has 0 unspecified atom stereocenters. The van der Waals surface area contributed by atoms with Gasteiger partial charge in [0, 0.05) is 6.04 Å². The number of phenolic OH excluding ortho intramolecular Hbond substituents is 1. The summed E-state index contributed by atoms with van der Waals surface area (Å²) in [5.41, 5.74) is 0.128. The van der Waals surface area contributed by atoms with Gasteiger partial charge in [0.25, 0.3) is 5.91 Å². The molecule has 0 radical (unpaired) electrons. The number of carbonyl (C=O) groups is 3. The highest BCUT2D eigenvalue weighted by molar-refractivity contribution is 5.97. The molecule has 0 bridgehead atoms. The van der Waals surface area contributed by atoms with Crippen molar-refractivity contribution < 1.29 is 24.2 Å². The van der Waals surface area contributed by atoms with Gasteiger partial charge in [-0.3, -0.25) is 10.1 Å². The summed E-state index contributed by atoms with van der Waals surface area (Å²) in [6, 6.07) is 5.08. The van der Waals surface area contributed by atoms with Crippen molar-refractivity contribution in [2.24, 2.45) is 5.92 Å². The Morgan fingerprint density at radius 1 is 1.25 bits per heavy atom. The lowest BCUT2D eigenvalue weighted by Gasteiger charge is -2.29. The van der Waals surface area contributed by atoms with Crippen molar-refractivity contribution in [1.82, 2.24) is 10.6 Å². The molecule has 1 aliphatic rings. The Kier molecular flexibility index (Phi) is 6.17. The second kappa shape index (κ2) is 8.33. The van der Waals surface area contributed by atoms with E-state index in [1.807, 2.05) is 0 Å². The molecule has 1 aliphatic carbocycles. The van der Waals surface area contributed by atoms with E-state index in [4.69, 9.17) is 4.74 Å². The van der Waals surface area contributed by atoms with Crippen LogP contribution in [-0.2, 0) is 9.53 Å². The number of hydrogen-bond donors (Lipinski definition) is 3. The molecule has 1 saturated carbocycles.